The SMILES string of the molecule is C#CCNc1cc(C(=O)N(C)C)ccc1C. The second-order valence-corrected chi connectivity index (χ2v) is 3.79. The van der Waals surface area contributed by atoms with Crippen LogP contribution in [0.15, 0.2) is 18.2 Å². The number of hydrogen-bond donors (Lipinski definition) is 1. The van der Waals surface area contributed by atoms with Gasteiger partial charge in [0.05, 0.1) is 6.54 Å². The van der Waals surface area contributed by atoms with Crippen molar-refractivity contribution < 1.29 is 4.79 Å². The van der Waals surface area contributed by atoms with Crippen LogP contribution in [0.5, 0.6) is 0 Å². The lowest BCUT2D eigenvalue weighted by molar-refractivity contribution is 0.0827. The van der Waals surface area contributed by atoms with Gasteiger partial charge in [0.1, 0.15) is 0 Å². The Hall–Kier alpha value is -1.95. The molecule has 1 aromatic rings. The maximum atomic E-state index is 11.7. The Morgan fingerprint density at radius 3 is 2.75 bits per heavy atom. The van der Waals surface area contributed by atoms with Crippen LogP contribution < -0.4 is 5.32 Å². The Bertz CT molecular complexity index is 430. The Morgan fingerprint density at radius 2 is 2.19 bits per heavy atom. The molecule has 0 aromatic heterocycles. The van der Waals surface area contributed by atoms with Crippen LogP contribution in [0.25, 0.3) is 0 Å². The fourth-order valence-corrected chi connectivity index (χ4v) is 1.35. The third-order valence-corrected chi connectivity index (χ3v) is 2.27. The number of benzene rings is 1. The number of amides is 1. The molecule has 0 aliphatic heterocycles. The number of terminal acetylenes is 1. The van der Waals surface area contributed by atoms with Gasteiger partial charge in [-0.2, -0.15) is 0 Å². The largest absolute Gasteiger partial charge is 0.374 e. The molecule has 1 rings (SSSR count). The number of rotatable bonds is 3. The van der Waals surface area contributed by atoms with E-state index in [2.05, 4.69) is 11.2 Å². The zero-order valence-electron chi connectivity index (χ0n) is 9.87. The zero-order chi connectivity index (χ0) is 12.1. The molecule has 0 aliphatic rings. The highest BCUT2D eigenvalue weighted by atomic mass is 16.2. The first-order valence-corrected chi connectivity index (χ1v) is 5.06. The number of carbonyl (C=O) groups excluding carboxylic acids is 1. The van der Waals surface area contributed by atoms with Crippen LogP contribution in [0.2, 0.25) is 0 Å². The van der Waals surface area contributed by atoms with Crippen molar-refractivity contribution in [3.63, 3.8) is 0 Å². The van der Waals surface area contributed by atoms with Gasteiger partial charge in [-0.3, -0.25) is 4.79 Å². The number of nitrogens with one attached hydrogen (secondary N) is 1. The van der Waals surface area contributed by atoms with Gasteiger partial charge in [0, 0.05) is 25.3 Å². The fraction of sp³-hybridized carbons (Fsp3) is 0.308. The summed E-state index contributed by atoms with van der Waals surface area (Å²) < 4.78 is 0. The van der Waals surface area contributed by atoms with Crippen LogP contribution in [0, 0.1) is 19.3 Å². The third-order valence-electron chi connectivity index (χ3n) is 2.27. The number of carbonyl (C=O) groups is 1. The minimum atomic E-state index is -0.0104. The van der Waals surface area contributed by atoms with Crippen molar-refractivity contribution in [1.82, 2.24) is 4.90 Å². The van der Waals surface area contributed by atoms with Gasteiger partial charge in [0.25, 0.3) is 5.91 Å². The van der Waals surface area contributed by atoms with Crippen molar-refractivity contribution in [2.45, 2.75) is 6.92 Å². The number of nitrogens with zero attached hydrogens (tertiary/aromatic N) is 1. The minimum Gasteiger partial charge on any atom is -0.374 e. The van der Waals surface area contributed by atoms with Crippen LogP contribution in [-0.4, -0.2) is 31.4 Å². The molecule has 0 radical (unpaired) electrons. The standard InChI is InChI=1S/C13H16N2O/c1-5-8-14-12-9-11(7-6-10(12)2)13(16)15(3)4/h1,6-7,9,14H,8H2,2-4H3. The van der Waals surface area contributed by atoms with Crippen LogP contribution in [-0.2, 0) is 0 Å². The summed E-state index contributed by atoms with van der Waals surface area (Å²) in [5, 5.41) is 3.09. The van der Waals surface area contributed by atoms with Crippen LogP contribution in [0.1, 0.15) is 15.9 Å². The molecule has 0 fully saturated rings. The summed E-state index contributed by atoms with van der Waals surface area (Å²) >= 11 is 0. The second kappa shape index (κ2) is 5.22. The fourth-order valence-electron chi connectivity index (χ4n) is 1.35. The van der Waals surface area contributed by atoms with E-state index in [1.807, 2.05) is 25.1 Å². The summed E-state index contributed by atoms with van der Waals surface area (Å²) in [6.45, 7) is 2.43. The maximum absolute atomic E-state index is 11.7. The monoisotopic (exact) mass is 216 g/mol. The molecule has 84 valence electrons. The van der Waals surface area contributed by atoms with Crippen molar-refractivity contribution in [2.24, 2.45) is 0 Å². The predicted molar refractivity (Wildman–Crippen MR) is 66.5 cm³/mol. The molecular formula is C13H16N2O. The van der Waals surface area contributed by atoms with Gasteiger partial charge in [-0.25, -0.2) is 0 Å². The van der Waals surface area contributed by atoms with Crippen molar-refractivity contribution in [3.8, 4) is 12.3 Å². The molecule has 16 heavy (non-hydrogen) atoms. The van der Waals surface area contributed by atoms with Crippen molar-refractivity contribution in [1.29, 1.82) is 0 Å². The second-order valence-electron chi connectivity index (χ2n) is 3.79. The lowest BCUT2D eigenvalue weighted by Gasteiger charge is -2.13. The maximum Gasteiger partial charge on any atom is 0.253 e. The zero-order valence-corrected chi connectivity index (χ0v) is 9.87. The van der Waals surface area contributed by atoms with E-state index in [0.29, 0.717) is 12.1 Å². The Labute approximate surface area is 96.5 Å². The molecule has 3 heteroatoms. The van der Waals surface area contributed by atoms with Gasteiger partial charge < -0.3 is 10.2 Å². The molecule has 1 aromatic carbocycles. The molecule has 0 aliphatic carbocycles. The van der Waals surface area contributed by atoms with E-state index in [9.17, 15) is 4.79 Å². The molecule has 3 nitrogen and oxygen atoms in total. The lowest BCUT2D eigenvalue weighted by Crippen LogP contribution is -2.21. The molecule has 0 saturated heterocycles. The number of anilines is 1. The van der Waals surface area contributed by atoms with Gasteiger partial charge in [0.2, 0.25) is 0 Å². The number of aryl methyl sites for hydroxylation is 1. The number of hydrogen-bond acceptors (Lipinski definition) is 2. The van der Waals surface area contributed by atoms with E-state index in [-0.39, 0.29) is 5.91 Å². The van der Waals surface area contributed by atoms with E-state index in [1.165, 1.54) is 0 Å². The Morgan fingerprint density at radius 1 is 1.50 bits per heavy atom. The first-order chi connectivity index (χ1) is 7.56. The highest BCUT2D eigenvalue weighted by Crippen LogP contribution is 2.17. The summed E-state index contributed by atoms with van der Waals surface area (Å²) in [4.78, 5) is 13.3. The summed E-state index contributed by atoms with van der Waals surface area (Å²) in [5.74, 6) is 2.50. The average Bonchev–Trinajstić information content (AvgIpc) is 2.27. The summed E-state index contributed by atoms with van der Waals surface area (Å²) in [5.41, 5.74) is 2.64. The van der Waals surface area contributed by atoms with E-state index < -0.39 is 0 Å². The summed E-state index contributed by atoms with van der Waals surface area (Å²) in [6.07, 6.45) is 5.18. The van der Waals surface area contributed by atoms with Gasteiger partial charge >= 0.3 is 0 Å². The Kier molecular flexibility index (Phi) is 3.96. The first kappa shape index (κ1) is 12.1. The van der Waals surface area contributed by atoms with Crippen molar-refractivity contribution in [3.05, 3.63) is 29.3 Å². The molecule has 0 spiro atoms. The van der Waals surface area contributed by atoms with Crippen molar-refractivity contribution in [2.75, 3.05) is 26.0 Å². The molecule has 1 amide bonds. The van der Waals surface area contributed by atoms with Crippen LogP contribution in [0.3, 0.4) is 0 Å². The quantitative estimate of drug-likeness (QED) is 0.781. The van der Waals surface area contributed by atoms with E-state index >= 15 is 0 Å². The lowest BCUT2D eigenvalue weighted by atomic mass is 10.1. The normalized spacial score (nSPS) is 9.38. The summed E-state index contributed by atoms with van der Waals surface area (Å²) in [6, 6.07) is 5.56. The topological polar surface area (TPSA) is 32.3 Å². The molecule has 0 unspecified atom stereocenters. The van der Waals surface area contributed by atoms with Crippen LogP contribution in [0.4, 0.5) is 5.69 Å². The average molecular weight is 216 g/mol. The Balaban J connectivity index is 2.98. The van der Waals surface area contributed by atoms with Crippen LogP contribution >= 0.6 is 0 Å². The molecule has 1 N–H and O–H groups in total. The van der Waals surface area contributed by atoms with E-state index in [4.69, 9.17) is 6.42 Å². The van der Waals surface area contributed by atoms with E-state index in [1.54, 1.807) is 19.0 Å². The third kappa shape index (κ3) is 2.77. The first-order valence-electron chi connectivity index (χ1n) is 5.06. The highest BCUT2D eigenvalue weighted by molar-refractivity contribution is 5.95. The molecule has 0 saturated carbocycles. The van der Waals surface area contributed by atoms with Gasteiger partial charge in [0.15, 0.2) is 0 Å². The molecular weight excluding hydrogens is 200 g/mol. The van der Waals surface area contributed by atoms with Gasteiger partial charge in [-0.1, -0.05) is 12.0 Å². The van der Waals surface area contributed by atoms with E-state index in [0.717, 1.165) is 11.3 Å². The van der Waals surface area contributed by atoms with Gasteiger partial charge in [-0.05, 0) is 24.6 Å². The molecule has 0 heterocycles. The van der Waals surface area contributed by atoms with Crippen molar-refractivity contribution >= 4 is 11.6 Å². The smallest absolute Gasteiger partial charge is 0.253 e. The summed E-state index contributed by atoms with van der Waals surface area (Å²) in [7, 11) is 3.47. The molecule has 0 atom stereocenters. The highest BCUT2D eigenvalue weighted by Gasteiger charge is 2.09. The predicted octanol–water partition coefficient (Wildman–Crippen LogP) is 1.74. The molecule has 0 bridgehead atoms. The van der Waals surface area contributed by atoms with Gasteiger partial charge in [-0.15, -0.1) is 6.42 Å². The minimum absolute atomic E-state index is 0.0104.